The number of carboxylic acid groups (broad SMARTS) is 1. The van der Waals surface area contributed by atoms with E-state index in [1.165, 1.54) is 0 Å². The van der Waals surface area contributed by atoms with Crippen LogP contribution in [-0.4, -0.2) is 18.2 Å². The Bertz CT molecular complexity index is 496. The second-order valence-electron chi connectivity index (χ2n) is 4.92. The Balaban J connectivity index is 2.59. The van der Waals surface area contributed by atoms with Crippen molar-refractivity contribution >= 4 is 33.5 Å². The van der Waals surface area contributed by atoms with Crippen molar-refractivity contribution in [3.63, 3.8) is 0 Å². The van der Waals surface area contributed by atoms with Crippen LogP contribution in [-0.2, 0) is 10.2 Å². The van der Waals surface area contributed by atoms with Gasteiger partial charge in [-0.25, -0.2) is 0 Å². The van der Waals surface area contributed by atoms with Crippen molar-refractivity contribution in [2.24, 2.45) is 0 Å². The summed E-state index contributed by atoms with van der Waals surface area (Å²) in [4.78, 5) is 11.8. The summed E-state index contributed by atoms with van der Waals surface area (Å²) in [5.74, 6) is -0.203. The minimum absolute atomic E-state index is 0.501. The molecule has 1 saturated carbocycles. The highest BCUT2D eigenvalue weighted by molar-refractivity contribution is 9.10. The lowest BCUT2D eigenvalue weighted by molar-refractivity contribution is -0.145. The number of methoxy groups -OCH3 is 1. The third kappa shape index (κ3) is 2.61. The molecule has 0 amide bonds. The molecule has 0 heterocycles. The van der Waals surface area contributed by atoms with Crippen LogP contribution in [0.1, 0.15) is 37.7 Å². The first-order valence-electron chi connectivity index (χ1n) is 6.28. The van der Waals surface area contributed by atoms with Crippen LogP contribution in [0.3, 0.4) is 0 Å². The molecular formula is C14H16BrClO3. The fourth-order valence-electron chi connectivity index (χ4n) is 2.81. The predicted molar refractivity (Wildman–Crippen MR) is 78.1 cm³/mol. The minimum atomic E-state index is -0.852. The van der Waals surface area contributed by atoms with Crippen molar-refractivity contribution in [2.45, 2.75) is 37.5 Å². The van der Waals surface area contributed by atoms with Crippen LogP contribution in [0.4, 0.5) is 0 Å². The zero-order valence-electron chi connectivity index (χ0n) is 10.7. The van der Waals surface area contributed by atoms with E-state index in [0.29, 0.717) is 28.1 Å². The molecule has 0 aromatic heterocycles. The summed E-state index contributed by atoms with van der Waals surface area (Å²) in [6.45, 7) is 0. The molecule has 0 unspecified atom stereocenters. The quantitative estimate of drug-likeness (QED) is 0.881. The fraction of sp³-hybridized carbons (Fsp3) is 0.500. The first-order valence-corrected chi connectivity index (χ1v) is 7.45. The van der Waals surface area contributed by atoms with Gasteiger partial charge in [-0.15, -0.1) is 0 Å². The number of carboxylic acids is 1. The molecule has 5 heteroatoms. The first-order chi connectivity index (χ1) is 9.01. The molecule has 0 radical (unpaired) electrons. The highest BCUT2D eigenvalue weighted by Gasteiger charge is 2.43. The van der Waals surface area contributed by atoms with Crippen LogP contribution in [0.5, 0.6) is 5.75 Å². The van der Waals surface area contributed by atoms with Crippen molar-refractivity contribution in [3.05, 3.63) is 27.2 Å². The Morgan fingerprint density at radius 3 is 2.53 bits per heavy atom. The third-order valence-electron chi connectivity index (χ3n) is 3.86. The zero-order valence-corrected chi connectivity index (χ0v) is 13.1. The second-order valence-corrected chi connectivity index (χ2v) is 6.15. The average Bonchev–Trinajstić information content (AvgIpc) is 2.41. The largest absolute Gasteiger partial charge is 0.496 e. The van der Waals surface area contributed by atoms with E-state index in [4.69, 9.17) is 16.3 Å². The van der Waals surface area contributed by atoms with Gasteiger partial charge >= 0.3 is 5.97 Å². The van der Waals surface area contributed by atoms with E-state index in [-0.39, 0.29) is 0 Å². The summed E-state index contributed by atoms with van der Waals surface area (Å²) in [5.41, 5.74) is -0.126. The summed E-state index contributed by atoms with van der Waals surface area (Å²) >= 11 is 9.56. The predicted octanol–water partition coefficient (Wildman–Crippen LogP) is 4.40. The van der Waals surface area contributed by atoms with Gasteiger partial charge in [0, 0.05) is 5.02 Å². The van der Waals surface area contributed by atoms with Gasteiger partial charge in [0.25, 0.3) is 0 Å². The number of benzene rings is 1. The molecule has 0 bridgehead atoms. The van der Waals surface area contributed by atoms with E-state index in [1.807, 2.05) is 0 Å². The van der Waals surface area contributed by atoms with E-state index in [2.05, 4.69) is 15.9 Å². The van der Waals surface area contributed by atoms with E-state index < -0.39 is 11.4 Å². The molecule has 3 nitrogen and oxygen atoms in total. The molecule has 1 aliphatic rings. The molecule has 1 N–H and O–H groups in total. The number of hydrogen-bond acceptors (Lipinski definition) is 2. The van der Waals surface area contributed by atoms with Crippen LogP contribution in [0.2, 0.25) is 5.02 Å². The summed E-state index contributed by atoms with van der Waals surface area (Å²) < 4.78 is 5.96. The maximum Gasteiger partial charge on any atom is 0.314 e. The van der Waals surface area contributed by atoms with E-state index in [9.17, 15) is 9.90 Å². The molecule has 104 valence electrons. The number of rotatable bonds is 3. The van der Waals surface area contributed by atoms with Gasteiger partial charge in [-0.2, -0.15) is 0 Å². The number of carbonyl (C=O) groups is 1. The first kappa shape index (κ1) is 14.7. The van der Waals surface area contributed by atoms with Gasteiger partial charge < -0.3 is 9.84 Å². The molecule has 0 atom stereocenters. The molecule has 2 rings (SSSR count). The molecule has 1 aromatic rings. The summed E-state index contributed by atoms with van der Waals surface area (Å²) in [7, 11) is 1.55. The van der Waals surface area contributed by atoms with E-state index in [1.54, 1.807) is 19.2 Å². The lowest BCUT2D eigenvalue weighted by Gasteiger charge is -2.34. The molecule has 1 aromatic carbocycles. The Morgan fingerprint density at radius 2 is 2.00 bits per heavy atom. The molecule has 19 heavy (non-hydrogen) atoms. The maximum atomic E-state index is 11.8. The van der Waals surface area contributed by atoms with Gasteiger partial charge in [-0.1, -0.05) is 30.9 Å². The minimum Gasteiger partial charge on any atom is -0.496 e. The SMILES string of the molecule is COc1cc(Cl)cc(C2(C(=O)O)CCCCC2)c1Br. The van der Waals surface area contributed by atoms with E-state index >= 15 is 0 Å². The lowest BCUT2D eigenvalue weighted by atomic mass is 9.69. The van der Waals surface area contributed by atoms with Gasteiger partial charge in [0.2, 0.25) is 0 Å². The Kier molecular flexibility index (Phi) is 4.41. The smallest absolute Gasteiger partial charge is 0.314 e. The lowest BCUT2D eigenvalue weighted by Crippen LogP contribution is -2.38. The fourth-order valence-corrected chi connectivity index (χ4v) is 3.79. The van der Waals surface area contributed by atoms with Crippen LogP contribution in [0.25, 0.3) is 0 Å². The molecule has 0 spiro atoms. The zero-order chi connectivity index (χ0) is 14.0. The van der Waals surface area contributed by atoms with E-state index in [0.717, 1.165) is 24.8 Å². The number of ether oxygens (including phenoxy) is 1. The summed E-state index contributed by atoms with van der Waals surface area (Å²) in [6.07, 6.45) is 4.22. The Hall–Kier alpha value is -0.740. The highest BCUT2D eigenvalue weighted by atomic mass is 79.9. The topological polar surface area (TPSA) is 46.5 Å². The molecule has 0 saturated heterocycles. The number of aliphatic carboxylic acids is 1. The molecular weight excluding hydrogens is 332 g/mol. The van der Waals surface area contributed by atoms with Crippen molar-refractivity contribution < 1.29 is 14.6 Å². The van der Waals surface area contributed by atoms with Crippen LogP contribution >= 0.6 is 27.5 Å². The Labute approximate surface area is 126 Å². The van der Waals surface area contributed by atoms with Gasteiger partial charge in [0.05, 0.1) is 17.0 Å². The van der Waals surface area contributed by atoms with Crippen molar-refractivity contribution in [1.29, 1.82) is 0 Å². The van der Waals surface area contributed by atoms with Crippen molar-refractivity contribution in [2.75, 3.05) is 7.11 Å². The van der Waals surface area contributed by atoms with Crippen LogP contribution in [0, 0.1) is 0 Å². The number of halogens is 2. The van der Waals surface area contributed by atoms with Gasteiger partial charge in [0.15, 0.2) is 0 Å². The van der Waals surface area contributed by atoms with Crippen molar-refractivity contribution in [1.82, 2.24) is 0 Å². The number of hydrogen-bond donors (Lipinski definition) is 1. The molecule has 1 fully saturated rings. The van der Waals surface area contributed by atoms with Crippen LogP contribution < -0.4 is 4.74 Å². The van der Waals surface area contributed by atoms with Crippen LogP contribution in [0.15, 0.2) is 16.6 Å². The summed E-state index contributed by atoms with van der Waals surface area (Å²) in [6, 6.07) is 3.43. The van der Waals surface area contributed by atoms with Gasteiger partial charge in [-0.3, -0.25) is 4.79 Å². The van der Waals surface area contributed by atoms with Crippen molar-refractivity contribution in [3.8, 4) is 5.75 Å². The molecule has 1 aliphatic carbocycles. The second kappa shape index (κ2) is 5.71. The highest BCUT2D eigenvalue weighted by Crippen LogP contribution is 2.46. The normalized spacial score (nSPS) is 18.1. The summed E-state index contributed by atoms with van der Waals surface area (Å²) in [5, 5.41) is 10.2. The monoisotopic (exact) mass is 346 g/mol. The Morgan fingerprint density at radius 1 is 1.37 bits per heavy atom. The van der Waals surface area contributed by atoms with Gasteiger partial charge in [0.1, 0.15) is 5.75 Å². The maximum absolute atomic E-state index is 11.8. The molecule has 0 aliphatic heterocycles. The third-order valence-corrected chi connectivity index (χ3v) is 4.89. The van der Waals surface area contributed by atoms with Gasteiger partial charge in [-0.05, 0) is 46.5 Å². The average molecular weight is 348 g/mol. The standard InChI is InChI=1S/C14H16BrClO3/c1-19-11-8-9(16)7-10(12(11)15)14(13(17)18)5-3-2-4-6-14/h7-8H,2-6H2,1H3,(H,17,18).